The Hall–Kier alpha value is -14.6. The van der Waals surface area contributed by atoms with Crippen molar-refractivity contribution in [3.05, 3.63) is 249 Å². The predicted molar refractivity (Wildman–Crippen MR) is 534 cm³/mol. The lowest BCUT2D eigenvalue weighted by Crippen LogP contribution is -2.23. The number of aromatic amines is 2. The number of aryl methyl sites for hydroxylation is 3. The van der Waals surface area contributed by atoms with Gasteiger partial charge in [0.1, 0.15) is 31.4 Å². The summed E-state index contributed by atoms with van der Waals surface area (Å²) < 4.78 is 197. The Morgan fingerprint density at radius 1 is 0.373 bits per heavy atom. The van der Waals surface area contributed by atoms with E-state index in [1.807, 2.05) is 6.92 Å². The molecule has 0 radical (unpaired) electrons. The van der Waals surface area contributed by atoms with Crippen LogP contribution in [0.5, 0.6) is 86.2 Å². The number of carbonyl (C=O) groups excluding carboxylic acids is 2. The summed E-state index contributed by atoms with van der Waals surface area (Å²) in [6.45, 7) is 4.49. The highest BCUT2D eigenvalue weighted by molar-refractivity contribution is 7.96. The number of anilines is 5. The second kappa shape index (κ2) is 41.7. The lowest BCUT2D eigenvalue weighted by Gasteiger charge is -2.12. The molecule has 0 saturated heterocycles. The molecular weight excluding hydrogens is 2140 g/mol. The summed E-state index contributed by atoms with van der Waals surface area (Å²) in [6.07, 6.45) is 18.5. The van der Waals surface area contributed by atoms with Crippen LogP contribution in [0.2, 0.25) is 10.3 Å². The topological polar surface area (TPSA) is 581 Å². The highest BCUT2D eigenvalue weighted by Gasteiger charge is 2.35. The van der Waals surface area contributed by atoms with Gasteiger partial charge in [0.15, 0.2) is 57.5 Å². The minimum absolute atomic E-state index is 0.000257. The van der Waals surface area contributed by atoms with E-state index in [2.05, 4.69) is 33.6 Å². The van der Waals surface area contributed by atoms with Crippen molar-refractivity contribution in [3.8, 4) is 86.2 Å². The fourth-order valence-electron chi connectivity index (χ4n) is 13.3. The molecule has 5 aromatic carbocycles. The zero-order valence-corrected chi connectivity index (χ0v) is 83.5. The quantitative estimate of drug-likeness (QED) is 0.0177. The van der Waals surface area contributed by atoms with Crippen molar-refractivity contribution in [1.82, 2.24) is 33.1 Å². The first-order valence-corrected chi connectivity index (χ1v) is 54.4. The Morgan fingerprint density at radius 2 is 0.655 bits per heavy atom. The van der Waals surface area contributed by atoms with Crippen molar-refractivity contribution in [2.75, 3.05) is 57.6 Å². The summed E-state index contributed by atoms with van der Waals surface area (Å²) in [5, 5.41) is 64.1. The van der Waals surface area contributed by atoms with Crippen molar-refractivity contribution >= 4 is 248 Å². The average molecular weight is 2210 g/mol. The van der Waals surface area contributed by atoms with Gasteiger partial charge in [0, 0.05) is 99.3 Å². The van der Waals surface area contributed by atoms with Crippen LogP contribution in [-0.4, -0.2) is 147 Å². The predicted octanol–water partition coefficient (Wildman–Crippen LogP) is 14.2. The van der Waals surface area contributed by atoms with Crippen LogP contribution in [0.3, 0.4) is 0 Å². The standard InChI is InChI=1S/C18H17N3O6S2.C17H14ClN3O6S2.C17H12N2O7S2.C17H14N2O6S3.C16H11ClN2O6S3/c1-2-12-9-19-18(23)21(12)6-5-11-8-13(16-17(15(11)22)27-10-26-16)20-29(24,25)14-4-3-7-28-14;1-9-16(18)21(17(23)19-9)5-4-10-7-11(14-15(13(10)22)27-8-26-14)20-29(24,25)12-3-2-6-28-12;20-12-3-4-13(21)19(12)6-5-10-8-11(16-17(15(10)22)26-9-25-16)18-28(23,24)14-2-1-7-27-14;1-10-8-27-17(21)19(10)5-4-11-7-12(15-16(14(11)20)25-9-24-15)18-28(22,23)13-3-2-6-26-13;17-11-7-27-16(21)19(11)4-3-9-6-10(14-15(13(9)20)25-8-24-14)18-28(22,23)12-2-1-5-26-12/h3-9,20,22H,2,10H2,1H3,(H,19,23);2-7,20,22H,8H2,1H3,(H,19,23);1-8,18,22H,9H2;2-8,18,20H,9H2,1H3;1-7,18,20H,8H2/b6-5+;5-4+;6-5+;5-4+;4-3+. The molecule has 12 N–H and O–H groups in total. The number of thiazole rings is 2. The van der Waals surface area contributed by atoms with Crippen molar-refractivity contribution in [2.45, 2.75) is 48.2 Å². The molecule has 0 bridgehead atoms. The number of nitrogens with one attached hydrogen (secondary N) is 7. The number of hydrogen-bond acceptors (Lipinski definition) is 38. The van der Waals surface area contributed by atoms with Crippen LogP contribution in [0, 0.1) is 13.8 Å². The van der Waals surface area contributed by atoms with Crippen LogP contribution < -0.4 is 92.1 Å². The van der Waals surface area contributed by atoms with E-state index in [1.54, 1.807) is 82.7 Å². The van der Waals surface area contributed by atoms with Gasteiger partial charge < -0.3 is 82.9 Å². The maximum atomic E-state index is 12.6. The van der Waals surface area contributed by atoms with E-state index in [0.717, 1.165) is 112 Å². The van der Waals surface area contributed by atoms with Gasteiger partial charge in [0.25, 0.3) is 61.9 Å². The Morgan fingerprint density at radius 3 is 0.923 bits per heavy atom. The number of hydrogen-bond donors (Lipinski definition) is 12. The number of fused-ring (bicyclic) bond motifs is 5. The number of imidazole rings is 2. The number of phenolic OH excluding ortho intramolecular Hbond substituents is 5. The number of nitrogens with zero attached hydrogens (tertiary/aromatic N) is 5. The van der Waals surface area contributed by atoms with Gasteiger partial charge in [-0.3, -0.25) is 66.0 Å². The molecule has 740 valence electrons. The molecule has 9 aromatic heterocycles. The number of halogens is 2. The van der Waals surface area contributed by atoms with Crippen molar-refractivity contribution < 1.29 is 125 Å². The number of imide groups is 1. The van der Waals surface area contributed by atoms with Crippen LogP contribution in [0.15, 0.2) is 193 Å². The minimum atomic E-state index is -3.87. The number of benzene rings is 5. The number of phenols is 5. The fraction of sp³-hybridized carbons (Fsp3) is 0.106. The Kier molecular flexibility index (Phi) is 29.5. The van der Waals surface area contributed by atoms with Gasteiger partial charge in [-0.2, -0.15) is 0 Å². The number of ether oxygens (including phenoxy) is 10. The van der Waals surface area contributed by atoms with E-state index < -0.39 is 67.6 Å². The average Bonchev–Trinajstić information content (AvgIpc) is 1.61. The third-order valence-electron chi connectivity index (χ3n) is 20.0. The number of thiophene rings is 5. The third-order valence-corrected chi connectivity index (χ3v) is 36.3. The summed E-state index contributed by atoms with van der Waals surface area (Å²) in [5.41, 5.74) is 2.76. The number of aromatic nitrogens is 6. The van der Waals surface area contributed by atoms with Crippen molar-refractivity contribution in [1.29, 1.82) is 0 Å². The van der Waals surface area contributed by atoms with Gasteiger partial charge in [0.05, 0.1) is 34.1 Å². The summed E-state index contributed by atoms with van der Waals surface area (Å²) in [4.78, 5) is 76.3. The van der Waals surface area contributed by atoms with Gasteiger partial charge in [0.2, 0.25) is 62.7 Å². The Bertz CT molecular complexity index is 8130. The third kappa shape index (κ3) is 21.5. The molecule has 0 saturated carbocycles. The zero-order valence-electron chi connectivity index (χ0n) is 72.2. The molecular formula is C85H68Cl2N12O31S12. The SMILES string of the molecule is CCc1c[nH]c(=O)n1/C=C/c1cc(NS(=O)(=O)c2cccs2)c2c(c1O)OCO2.Cc1[nH]c(=O)n(/C=C/c2cc(NS(=O)(=O)c3cccs3)c3c(c2O)OCO3)c1Cl.Cc1csc(=O)n1/C=C/c1cc(NS(=O)(=O)c2cccs2)c2c(c1O)OCO2.O=C1C=CC(=O)N1/C=C/c1cc(NS(=O)(=O)c2cccs2)c2c(c1O)OCO2.O=c1scc(Cl)n1/C=C/c1cc(NS(=O)(=O)c2cccs2)c2c(c1O)OCO2. The largest absolute Gasteiger partial charge is 0.504 e. The monoisotopic (exact) mass is 2210 g/mol. The van der Waals surface area contributed by atoms with E-state index in [0.29, 0.717) is 12.1 Å². The fourth-order valence-corrected chi connectivity index (χ4v) is 25.3. The second-order valence-electron chi connectivity index (χ2n) is 29.0. The molecule has 0 aliphatic carbocycles. The maximum absolute atomic E-state index is 12.6. The molecule has 15 heterocycles. The summed E-state index contributed by atoms with van der Waals surface area (Å²) in [7, 11) is -19.2. The molecule has 6 aliphatic rings. The van der Waals surface area contributed by atoms with Crippen molar-refractivity contribution in [2.24, 2.45) is 0 Å². The minimum Gasteiger partial charge on any atom is -0.504 e. The van der Waals surface area contributed by atoms with E-state index in [-0.39, 0.29) is 223 Å². The number of aromatic hydroxyl groups is 5. The second-order valence-corrected chi connectivity index (χ2v) is 45.7. The molecule has 142 heavy (non-hydrogen) atoms. The number of H-pyrrole nitrogens is 2. The summed E-state index contributed by atoms with van der Waals surface area (Å²) in [5.74, 6) is -1.82. The van der Waals surface area contributed by atoms with E-state index >= 15 is 0 Å². The van der Waals surface area contributed by atoms with Crippen LogP contribution in [-0.2, 0) is 66.1 Å². The normalized spacial score (nSPS) is 13.8. The first-order chi connectivity index (χ1) is 67.8. The molecule has 43 nitrogen and oxygen atoms in total. The number of amides is 2. The summed E-state index contributed by atoms with van der Waals surface area (Å²) >= 11 is 19.3. The first-order valence-electron chi connectivity index (χ1n) is 40.1. The molecule has 0 fully saturated rings. The molecule has 6 aliphatic heterocycles. The Labute approximate surface area is 839 Å². The molecule has 57 heteroatoms. The van der Waals surface area contributed by atoms with E-state index in [9.17, 15) is 96.4 Å². The Balaban J connectivity index is 0.000000128. The number of carbonyl (C=O) groups is 2. The van der Waals surface area contributed by atoms with Gasteiger partial charge in [-0.25, -0.2) is 51.7 Å². The van der Waals surface area contributed by atoms with E-state index in [4.69, 9.17) is 70.6 Å². The van der Waals surface area contributed by atoms with Crippen LogP contribution >= 0.6 is 103 Å². The highest BCUT2D eigenvalue weighted by atomic mass is 35.5. The van der Waals surface area contributed by atoms with Gasteiger partial charge in [-0.1, -0.05) is 83.1 Å². The molecule has 0 atom stereocenters. The van der Waals surface area contributed by atoms with Gasteiger partial charge in [-0.15, -0.1) is 56.7 Å². The molecule has 14 aromatic rings. The lowest BCUT2D eigenvalue weighted by molar-refractivity contribution is -0.133. The summed E-state index contributed by atoms with van der Waals surface area (Å²) in [6, 6.07) is 22.4. The molecule has 0 spiro atoms. The molecule has 0 unspecified atom stereocenters. The highest BCUT2D eigenvalue weighted by Crippen LogP contribution is 2.55. The smallest absolute Gasteiger partial charge is 0.331 e. The van der Waals surface area contributed by atoms with Crippen LogP contribution in [0.1, 0.15) is 51.8 Å². The van der Waals surface area contributed by atoms with Crippen molar-refractivity contribution in [3.63, 3.8) is 0 Å². The van der Waals surface area contributed by atoms with E-state index in [1.165, 1.54) is 141 Å². The van der Waals surface area contributed by atoms with Gasteiger partial charge >= 0.3 is 21.1 Å². The molecule has 20 rings (SSSR count). The number of sulfonamides is 5. The first kappa shape index (κ1) is 100. The van der Waals surface area contributed by atoms with Gasteiger partial charge in [-0.05, 0) is 138 Å². The van der Waals surface area contributed by atoms with Crippen LogP contribution in [0.4, 0.5) is 28.4 Å². The lowest BCUT2D eigenvalue weighted by atomic mass is 10.1. The zero-order chi connectivity index (χ0) is 101. The maximum Gasteiger partial charge on any atom is 0.331 e. The molecule has 2 amide bonds. The number of rotatable bonds is 26. The van der Waals surface area contributed by atoms with Crippen LogP contribution in [0.25, 0.3) is 55.2 Å².